The second-order valence-electron chi connectivity index (χ2n) is 4.53. The highest BCUT2D eigenvalue weighted by Crippen LogP contribution is 2.12. The molecule has 0 aromatic carbocycles. The number of methoxy groups -OCH3 is 1. The number of nitrogens with zero attached hydrogens (tertiary/aromatic N) is 2. The minimum absolute atomic E-state index is 0.623. The smallest absolute Gasteiger partial charge is 0.226 e. The molecule has 17 heavy (non-hydrogen) atoms. The molecule has 0 aliphatic carbocycles. The Balaban J connectivity index is 1.72. The number of rotatable bonds is 6. The molecule has 1 fully saturated rings. The minimum atomic E-state index is 0.623. The van der Waals surface area contributed by atoms with Crippen LogP contribution < -0.4 is 5.32 Å². The van der Waals surface area contributed by atoms with Crippen molar-refractivity contribution in [2.75, 3.05) is 20.3 Å². The highest BCUT2D eigenvalue weighted by atomic mass is 16.5. The summed E-state index contributed by atoms with van der Waals surface area (Å²) in [6.07, 6.45) is 6.59. The maximum Gasteiger partial charge on any atom is 0.226 e. The standard InChI is InChI=1S/C12H21N3O2/c1-16-9-7-11-14-12(17-15-11)6-5-10-4-2-3-8-13-10/h10,13H,2-9H2,1H3. The van der Waals surface area contributed by atoms with Crippen LogP contribution in [0.15, 0.2) is 4.52 Å². The lowest BCUT2D eigenvalue weighted by Gasteiger charge is -2.22. The van der Waals surface area contributed by atoms with Crippen LogP contribution in [0, 0.1) is 0 Å². The van der Waals surface area contributed by atoms with E-state index in [0.717, 1.165) is 37.5 Å². The first kappa shape index (κ1) is 12.5. The molecule has 1 aliphatic rings. The predicted molar refractivity (Wildman–Crippen MR) is 63.8 cm³/mol. The van der Waals surface area contributed by atoms with Gasteiger partial charge in [0.05, 0.1) is 6.61 Å². The van der Waals surface area contributed by atoms with Gasteiger partial charge in [-0.15, -0.1) is 0 Å². The van der Waals surface area contributed by atoms with Crippen LogP contribution in [0.3, 0.4) is 0 Å². The number of nitrogens with one attached hydrogen (secondary N) is 1. The van der Waals surface area contributed by atoms with Crippen molar-refractivity contribution in [2.24, 2.45) is 0 Å². The zero-order valence-corrected chi connectivity index (χ0v) is 10.4. The summed E-state index contributed by atoms with van der Waals surface area (Å²) in [5.74, 6) is 1.50. The topological polar surface area (TPSA) is 60.2 Å². The van der Waals surface area contributed by atoms with E-state index in [-0.39, 0.29) is 0 Å². The highest BCUT2D eigenvalue weighted by Gasteiger charge is 2.14. The Hall–Kier alpha value is -0.940. The summed E-state index contributed by atoms with van der Waals surface area (Å²) < 4.78 is 10.2. The van der Waals surface area contributed by atoms with Crippen molar-refractivity contribution in [3.8, 4) is 0 Å². The van der Waals surface area contributed by atoms with E-state index in [9.17, 15) is 0 Å². The Labute approximate surface area is 102 Å². The SMILES string of the molecule is COCCc1noc(CCC2CCCCN2)n1. The van der Waals surface area contributed by atoms with Crippen LogP contribution in [0.5, 0.6) is 0 Å². The number of piperidine rings is 1. The van der Waals surface area contributed by atoms with Crippen LogP contribution in [-0.2, 0) is 17.6 Å². The lowest BCUT2D eigenvalue weighted by Crippen LogP contribution is -2.34. The summed E-state index contributed by atoms with van der Waals surface area (Å²) in [5, 5.41) is 7.45. The summed E-state index contributed by atoms with van der Waals surface area (Å²) in [6.45, 7) is 1.79. The van der Waals surface area contributed by atoms with Gasteiger partial charge in [0.2, 0.25) is 5.89 Å². The summed E-state index contributed by atoms with van der Waals surface area (Å²) >= 11 is 0. The van der Waals surface area contributed by atoms with Crippen LogP contribution in [-0.4, -0.2) is 36.4 Å². The van der Waals surface area contributed by atoms with Gasteiger partial charge in [0, 0.05) is 26.0 Å². The fourth-order valence-corrected chi connectivity index (χ4v) is 2.15. The molecular formula is C12H21N3O2. The number of hydrogen-bond donors (Lipinski definition) is 1. The molecule has 5 heteroatoms. The van der Waals surface area contributed by atoms with E-state index >= 15 is 0 Å². The molecule has 5 nitrogen and oxygen atoms in total. The monoisotopic (exact) mass is 239 g/mol. The van der Waals surface area contributed by atoms with Gasteiger partial charge in [0.25, 0.3) is 0 Å². The van der Waals surface area contributed by atoms with Gasteiger partial charge in [-0.1, -0.05) is 11.6 Å². The van der Waals surface area contributed by atoms with Gasteiger partial charge in [0.1, 0.15) is 0 Å². The fourth-order valence-electron chi connectivity index (χ4n) is 2.15. The maximum atomic E-state index is 5.21. The van der Waals surface area contributed by atoms with Crippen LogP contribution in [0.1, 0.15) is 37.4 Å². The lowest BCUT2D eigenvalue weighted by atomic mass is 10.0. The zero-order chi connectivity index (χ0) is 11.9. The maximum absolute atomic E-state index is 5.21. The van der Waals surface area contributed by atoms with Gasteiger partial charge in [-0.3, -0.25) is 0 Å². The molecule has 0 bridgehead atoms. The Morgan fingerprint density at radius 3 is 3.12 bits per heavy atom. The Kier molecular flexibility index (Phi) is 4.94. The van der Waals surface area contributed by atoms with E-state index in [2.05, 4.69) is 15.5 Å². The fraction of sp³-hybridized carbons (Fsp3) is 0.833. The molecule has 1 saturated heterocycles. The third kappa shape index (κ3) is 4.09. The quantitative estimate of drug-likeness (QED) is 0.811. The number of hydrogen-bond acceptors (Lipinski definition) is 5. The van der Waals surface area contributed by atoms with Crippen molar-refractivity contribution in [2.45, 2.75) is 44.6 Å². The molecular weight excluding hydrogens is 218 g/mol. The largest absolute Gasteiger partial charge is 0.384 e. The molecule has 0 amide bonds. The first-order valence-corrected chi connectivity index (χ1v) is 6.42. The molecule has 1 aliphatic heterocycles. The molecule has 2 rings (SSSR count). The van der Waals surface area contributed by atoms with Gasteiger partial charge in [0.15, 0.2) is 5.82 Å². The van der Waals surface area contributed by atoms with Gasteiger partial charge in [-0.2, -0.15) is 4.98 Å². The van der Waals surface area contributed by atoms with E-state index in [1.165, 1.54) is 19.3 Å². The van der Waals surface area contributed by atoms with Crippen LogP contribution >= 0.6 is 0 Å². The third-order valence-corrected chi connectivity index (χ3v) is 3.16. The van der Waals surface area contributed by atoms with Crippen molar-refractivity contribution in [3.05, 3.63) is 11.7 Å². The van der Waals surface area contributed by atoms with Crippen molar-refractivity contribution in [3.63, 3.8) is 0 Å². The molecule has 1 atom stereocenters. The molecule has 1 N–H and O–H groups in total. The molecule has 1 aromatic heterocycles. The van der Waals surface area contributed by atoms with Gasteiger partial charge < -0.3 is 14.6 Å². The highest BCUT2D eigenvalue weighted by molar-refractivity contribution is 4.88. The van der Waals surface area contributed by atoms with Gasteiger partial charge in [-0.05, 0) is 25.8 Å². The molecule has 96 valence electrons. The Morgan fingerprint density at radius 1 is 1.41 bits per heavy atom. The van der Waals surface area contributed by atoms with Crippen LogP contribution in [0.2, 0.25) is 0 Å². The average molecular weight is 239 g/mol. The van der Waals surface area contributed by atoms with E-state index < -0.39 is 0 Å². The zero-order valence-electron chi connectivity index (χ0n) is 10.4. The van der Waals surface area contributed by atoms with Crippen molar-refractivity contribution >= 4 is 0 Å². The Bertz CT molecular complexity index is 321. The Morgan fingerprint density at radius 2 is 2.35 bits per heavy atom. The second kappa shape index (κ2) is 6.71. The number of aromatic nitrogens is 2. The lowest BCUT2D eigenvalue weighted by molar-refractivity contribution is 0.199. The van der Waals surface area contributed by atoms with Crippen molar-refractivity contribution < 1.29 is 9.26 Å². The van der Waals surface area contributed by atoms with Crippen molar-refractivity contribution in [1.82, 2.24) is 15.5 Å². The van der Waals surface area contributed by atoms with Crippen LogP contribution in [0.25, 0.3) is 0 Å². The molecule has 2 heterocycles. The summed E-state index contributed by atoms with van der Waals surface area (Å²) in [7, 11) is 1.68. The summed E-state index contributed by atoms with van der Waals surface area (Å²) in [4.78, 5) is 4.35. The molecule has 1 unspecified atom stereocenters. The minimum Gasteiger partial charge on any atom is -0.384 e. The molecule has 0 spiro atoms. The first-order chi connectivity index (χ1) is 8.38. The van der Waals surface area contributed by atoms with E-state index in [1.807, 2.05) is 0 Å². The number of ether oxygens (including phenoxy) is 1. The van der Waals surface area contributed by atoms with Gasteiger partial charge in [-0.25, -0.2) is 0 Å². The predicted octanol–water partition coefficient (Wildman–Crippen LogP) is 1.33. The van der Waals surface area contributed by atoms with Crippen LogP contribution in [0.4, 0.5) is 0 Å². The third-order valence-electron chi connectivity index (χ3n) is 3.16. The molecule has 0 radical (unpaired) electrons. The summed E-state index contributed by atoms with van der Waals surface area (Å²) in [6, 6.07) is 0.623. The average Bonchev–Trinajstić information content (AvgIpc) is 2.83. The van der Waals surface area contributed by atoms with E-state index in [4.69, 9.17) is 9.26 Å². The normalized spacial score (nSPS) is 20.6. The van der Waals surface area contributed by atoms with E-state index in [0.29, 0.717) is 12.6 Å². The second-order valence-corrected chi connectivity index (χ2v) is 4.53. The van der Waals surface area contributed by atoms with Crippen molar-refractivity contribution in [1.29, 1.82) is 0 Å². The summed E-state index contributed by atoms with van der Waals surface area (Å²) in [5.41, 5.74) is 0. The van der Waals surface area contributed by atoms with Gasteiger partial charge >= 0.3 is 0 Å². The molecule has 1 aromatic rings. The van der Waals surface area contributed by atoms with E-state index in [1.54, 1.807) is 7.11 Å². The first-order valence-electron chi connectivity index (χ1n) is 6.42. The molecule has 0 saturated carbocycles. The number of aryl methyl sites for hydroxylation is 1.